The van der Waals surface area contributed by atoms with E-state index in [9.17, 15) is 0 Å². The molecule has 1 fully saturated rings. The van der Waals surface area contributed by atoms with E-state index in [4.69, 9.17) is 17.0 Å². The number of rotatable bonds is 4. The molecule has 0 spiro atoms. The second-order valence-corrected chi connectivity index (χ2v) is 7.25. The van der Waals surface area contributed by atoms with E-state index in [0.717, 1.165) is 32.0 Å². The first kappa shape index (κ1) is 16.4. The maximum Gasteiger partial charge on any atom is 0.199 e. The number of hydrogen-bond acceptors (Lipinski definition) is 5. The van der Waals surface area contributed by atoms with Crippen LogP contribution >= 0.6 is 24.0 Å². The fraction of sp³-hybridized carbons (Fsp3) is 0.222. The van der Waals surface area contributed by atoms with Gasteiger partial charge in [-0.05, 0) is 60.7 Å². The average molecular weight is 371 g/mol. The van der Waals surface area contributed by atoms with Gasteiger partial charge in [0.15, 0.2) is 4.77 Å². The molecule has 0 aliphatic carbocycles. The second kappa shape index (κ2) is 7.43. The van der Waals surface area contributed by atoms with Gasteiger partial charge in [-0.3, -0.25) is 9.67 Å². The van der Waals surface area contributed by atoms with E-state index in [0.29, 0.717) is 4.77 Å². The zero-order valence-corrected chi connectivity index (χ0v) is 15.2. The lowest BCUT2D eigenvalue weighted by atomic mass is 10.2. The number of aromatic amines is 1. The SMILES string of the molecule is S=c1[nH]ncn1-c1ccc(Sc2ccc(N3CCOCC3)cc2)cc1. The minimum absolute atomic E-state index is 0.596. The normalized spacial score (nSPS) is 14.6. The van der Waals surface area contributed by atoms with Crippen LogP contribution in [-0.2, 0) is 4.74 Å². The van der Waals surface area contributed by atoms with E-state index in [-0.39, 0.29) is 0 Å². The molecular formula is C18H18N4OS2. The monoisotopic (exact) mass is 370 g/mol. The highest BCUT2D eigenvalue weighted by atomic mass is 32.2. The lowest BCUT2D eigenvalue weighted by Gasteiger charge is -2.28. The number of aromatic nitrogens is 3. The van der Waals surface area contributed by atoms with Crippen molar-refractivity contribution in [3.05, 3.63) is 59.6 Å². The fourth-order valence-electron chi connectivity index (χ4n) is 2.79. The molecule has 1 N–H and O–H groups in total. The number of benzene rings is 2. The molecule has 2 aromatic carbocycles. The van der Waals surface area contributed by atoms with E-state index in [2.05, 4.69) is 63.6 Å². The predicted molar refractivity (Wildman–Crippen MR) is 102 cm³/mol. The van der Waals surface area contributed by atoms with Gasteiger partial charge in [0.2, 0.25) is 0 Å². The molecule has 1 aliphatic heterocycles. The summed E-state index contributed by atoms with van der Waals surface area (Å²) in [7, 11) is 0. The zero-order valence-electron chi connectivity index (χ0n) is 13.6. The van der Waals surface area contributed by atoms with Crippen molar-refractivity contribution < 1.29 is 4.74 Å². The Balaban J connectivity index is 1.45. The number of morpholine rings is 1. The molecule has 0 amide bonds. The third kappa shape index (κ3) is 3.78. The number of ether oxygens (including phenoxy) is 1. The topological polar surface area (TPSA) is 46.1 Å². The number of anilines is 1. The number of hydrogen-bond donors (Lipinski definition) is 1. The van der Waals surface area contributed by atoms with Crippen molar-refractivity contribution in [2.24, 2.45) is 0 Å². The summed E-state index contributed by atoms with van der Waals surface area (Å²) >= 11 is 6.95. The Morgan fingerprint density at radius 2 is 1.52 bits per heavy atom. The van der Waals surface area contributed by atoms with Crippen LogP contribution in [0.4, 0.5) is 5.69 Å². The highest BCUT2D eigenvalue weighted by Crippen LogP contribution is 2.30. The van der Waals surface area contributed by atoms with Gasteiger partial charge in [0.25, 0.3) is 0 Å². The third-order valence-electron chi connectivity index (χ3n) is 4.12. The summed E-state index contributed by atoms with van der Waals surface area (Å²) in [6.45, 7) is 3.54. The molecule has 1 saturated heterocycles. The molecule has 128 valence electrons. The van der Waals surface area contributed by atoms with Crippen LogP contribution in [0.5, 0.6) is 0 Å². The highest BCUT2D eigenvalue weighted by Gasteiger charge is 2.10. The third-order valence-corrected chi connectivity index (χ3v) is 5.42. The Labute approximate surface area is 155 Å². The van der Waals surface area contributed by atoms with Crippen molar-refractivity contribution in [2.45, 2.75) is 9.79 Å². The lowest BCUT2D eigenvalue weighted by molar-refractivity contribution is 0.122. The van der Waals surface area contributed by atoms with Crippen LogP contribution in [0.3, 0.4) is 0 Å². The van der Waals surface area contributed by atoms with Gasteiger partial charge in [0.05, 0.1) is 13.2 Å². The van der Waals surface area contributed by atoms with Crippen molar-refractivity contribution in [2.75, 3.05) is 31.2 Å². The summed E-state index contributed by atoms with van der Waals surface area (Å²) in [4.78, 5) is 4.78. The second-order valence-electron chi connectivity index (χ2n) is 5.72. The lowest BCUT2D eigenvalue weighted by Crippen LogP contribution is -2.36. The Morgan fingerprint density at radius 1 is 0.920 bits per heavy atom. The van der Waals surface area contributed by atoms with Gasteiger partial charge in [0, 0.05) is 34.3 Å². The van der Waals surface area contributed by atoms with E-state index in [1.807, 2.05) is 4.57 Å². The Kier molecular flexibility index (Phi) is 4.87. The summed E-state index contributed by atoms with van der Waals surface area (Å²) in [6, 6.07) is 17.0. The van der Waals surface area contributed by atoms with E-state index < -0.39 is 0 Å². The van der Waals surface area contributed by atoms with Crippen LogP contribution in [0.1, 0.15) is 0 Å². The van der Waals surface area contributed by atoms with Crippen LogP contribution in [0, 0.1) is 4.77 Å². The first-order valence-corrected chi connectivity index (χ1v) is 9.35. The fourth-order valence-corrected chi connectivity index (χ4v) is 3.81. The highest BCUT2D eigenvalue weighted by molar-refractivity contribution is 7.99. The van der Waals surface area contributed by atoms with Crippen molar-refractivity contribution in [1.82, 2.24) is 14.8 Å². The molecule has 25 heavy (non-hydrogen) atoms. The van der Waals surface area contributed by atoms with Gasteiger partial charge < -0.3 is 9.64 Å². The molecule has 7 heteroatoms. The quantitative estimate of drug-likeness (QED) is 0.706. The van der Waals surface area contributed by atoms with E-state index in [1.165, 1.54) is 15.5 Å². The molecule has 0 saturated carbocycles. The largest absolute Gasteiger partial charge is 0.378 e. The average Bonchev–Trinajstić information content (AvgIpc) is 3.10. The summed E-state index contributed by atoms with van der Waals surface area (Å²) in [5, 5.41) is 6.72. The van der Waals surface area contributed by atoms with Crippen LogP contribution in [-0.4, -0.2) is 41.1 Å². The molecule has 0 unspecified atom stereocenters. The van der Waals surface area contributed by atoms with Gasteiger partial charge in [0.1, 0.15) is 6.33 Å². The molecule has 2 heterocycles. The molecule has 0 bridgehead atoms. The van der Waals surface area contributed by atoms with Crippen molar-refractivity contribution in [3.8, 4) is 5.69 Å². The van der Waals surface area contributed by atoms with Gasteiger partial charge >= 0.3 is 0 Å². The van der Waals surface area contributed by atoms with Crippen LogP contribution in [0.25, 0.3) is 5.69 Å². The molecule has 3 aromatic rings. The van der Waals surface area contributed by atoms with Crippen molar-refractivity contribution >= 4 is 29.7 Å². The molecular weight excluding hydrogens is 352 g/mol. The van der Waals surface area contributed by atoms with Gasteiger partial charge in [-0.15, -0.1) is 0 Å². The van der Waals surface area contributed by atoms with Crippen LogP contribution < -0.4 is 4.90 Å². The molecule has 5 nitrogen and oxygen atoms in total. The zero-order chi connectivity index (χ0) is 17.1. The standard InChI is InChI=1S/C18H18N4OS2/c24-18-20-19-13-22(18)15-3-7-17(8-4-15)25-16-5-1-14(2-6-16)21-9-11-23-12-10-21/h1-8,13H,9-12H2,(H,20,24). The van der Waals surface area contributed by atoms with Crippen molar-refractivity contribution in [1.29, 1.82) is 0 Å². The maximum atomic E-state index is 5.41. The maximum absolute atomic E-state index is 5.41. The minimum Gasteiger partial charge on any atom is -0.378 e. The molecule has 1 aromatic heterocycles. The number of H-pyrrole nitrogens is 1. The smallest absolute Gasteiger partial charge is 0.199 e. The van der Waals surface area contributed by atoms with Crippen molar-refractivity contribution in [3.63, 3.8) is 0 Å². The summed E-state index contributed by atoms with van der Waals surface area (Å²) in [5.74, 6) is 0. The summed E-state index contributed by atoms with van der Waals surface area (Å²) < 4.78 is 7.85. The molecule has 4 rings (SSSR count). The van der Waals surface area contributed by atoms with Gasteiger partial charge in [-0.1, -0.05) is 11.8 Å². The summed E-state index contributed by atoms with van der Waals surface area (Å²) in [6.07, 6.45) is 1.69. The van der Waals surface area contributed by atoms with E-state index >= 15 is 0 Å². The number of nitrogens with zero attached hydrogens (tertiary/aromatic N) is 3. The first-order chi connectivity index (χ1) is 12.3. The minimum atomic E-state index is 0.596. The Hall–Kier alpha value is -2.09. The molecule has 1 aliphatic rings. The van der Waals surface area contributed by atoms with Crippen LogP contribution in [0.15, 0.2) is 64.6 Å². The summed E-state index contributed by atoms with van der Waals surface area (Å²) in [5.41, 5.74) is 2.27. The molecule has 0 radical (unpaired) electrons. The molecule has 0 atom stereocenters. The Morgan fingerprint density at radius 3 is 2.08 bits per heavy atom. The van der Waals surface area contributed by atoms with Crippen LogP contribution in [0.2, 0.25) is 0 Å². The Bertz CT molecular complexity index is 880. The number of nitrogens with one attached hydrogen (secondary N) is 1. The first-order valence-electron chi connectivity index (χ1n) is 8.13. The van der Waals surface area contributed by atoms with Gasteiger partial charge in [-0.25, -0.2) is 0 Å². The van der Waals surface area contributed by atoms with E-state index in [1.54, 1.807) is 18.1 Å². The van der Waals surface area contributed by atoms with Gasteiger partial charge in [-0.2, -0.15) is 5.10 Å². The predicted octanol–water partition coefficient (Wildman–Crippen LogP) is 3.92.